The molecule has 19 heavy (non-hydrogen) atoms. The van der Waals surface area contributed by atoms with Crippen molar-refractivity contribution in [2.24, 2.45) is 5.92 Å². The number of rotatable bonds is 9. The molecule has 0 fully saturated rings. The van der Waals surface area contributed by atoms with Crippen LogP contribution in [0.3, 0.4) is 0 Å². The predicted molar refractivity (Wildman–Crippen MR) is 71.1 cm³/mol. The van der Waals surface area contributed by atoms with Gasteiger partial charge in [-0.15, -0.1) is 0 Å². The predicted octanol–water partition coefficient (Wildman–Crippen LogP) is 2.41. The van der Waals surface area contributed by atoms with Gasteiger partial charge in [0.2, 0.25) is 0 Å². The second-order valence-corrected chi connectivity index (χ2v) is 6.37. The van der Waals surface area contributed by atoms with Crippen LogP contribution in [0.25, 0.3) is 0 Å². The van der Waals surface area contributed by atoms with Gasteiger partial charge < -0.3 is 13.8 Å². The van der Waals surface area contributed by atoms with Crippen LogP contribution < -0.4 is 0 Å². The molecule has 0 spiro atoms. The molecule has 0 bridgehead atoms. The van der Waals surface area contributed by atoms with E-state index in [1.54, 1.807) is 20.8 Å². The van der Waals surface area contributed by atoms with Gasteiger partial charge in [0.15, 0.2) is 0 Å². The first-order valence-electron chi connectivity index (χ1n) is 6.39. The average Bonchev–Trinajstić information content (AvgIpc) is 2.29. The van der Waals surface area contributed by atoms with Gasteiger partial charge in [-0.05, 0) is 34.6 Å². The number of hydrogen-bond acceptors (Lipinski definition) is 6. The lowest BCUT2D eigenvalue weighted by atomic mass is 10.0. The van der Waals surface area contributed by atoms with E-state index in [9.17, 15) is 14.2 Å². The van der Waals surface area contributed by atoms with Crippen LogP contribution in [0.5, 0.6) is 0 Å². The molecule has 0 heterocycles. The van der Waals surface area contributed by atoms with E-state index >= 15 is 0 Å². The van der Waals surface area contributed by atoms with Gasteiger partial charge in [-0.1, -0.05) is 0 Å². The Morgan fingerprint density at radius 1 is 1.05 bits per heavy atom. The van der Waals surface area contributed by atoms with Crippen molar-refractivity contribution in [1.82, 2.24) is 0 Å². The minimum atomic E-state index is -3.52. The van der Waals surface area contributed by atoms with Crippen molar-refractivity contribution < 1.29 is 27.9 Å². The summed E-state index contributed by atoms with van der Waals surface area (Å²) in [7, 11) is -3.52. The molecule has 112 valence electrons. The topological polar surface area (TPSA) is 78.9 Å². The van der Waals surface area contributed by atoms with Crippen LogP contribution in [0.2, 0.25) is 0 Å². The first-order chi connectivity index (χ1) is 8.83. The van der Waals surface area contributed by atoms with E-state index in [1.807, 2.05) is 0 Å². The molecule has 0 saturated heterocycles. The van der Waals surface area contributed by atoms with Crippen LogP contribution in [0.4, 0.5) is 0 Å². The number of esters is 1. The first kappa shape index (κ1) is 18.3. The summed E-state index contributed by atoms with van der Waals surface area (Å²) in [5, 5.41) is 0. The second kappa shape index (κ2) is 8.46. The fraction of sp³-hybridized carbons (Fsp3) is 0.833. The lowest BCUT2D eigenvalue weighted by Gasteiger charge is -2.27. The molecule has 0 rings (SSSR count). The molecular weight excluding hydrogens is 271 g/mol. The minimum absolute atomic E-state index is 0.156. The molecule has 2 unspecified atom stereocenters. The van der Waals surface area contributed by atoms with Crippen molar-refractivity contribution in [3.63, 3.8) is 0 Å². The van der Waals surface area contributed by atoms with E-state index < -0.39 is 30.9 Å². The lowest BCUT2D eigenvalue weighted by molar-refractivity contribution is -0.151. The Labute approximate surface area is 114 Å². The van der Waals surface area contributed by atoms with E-state index in [0.29, 0.717) is 0 Å². The third kappa shape index (κ3) is 5.05. The summed E-state index contributed by atoms with van der Waals surface area (Å²) in [4.78, 5) is 23.4. The maximum absolute atomic E-state index is 12.6. The quantitative estimate of drug-likeness (QED) is 0.369. The average molecular weight is 294 g/mol. The SMILES string of the molecule is CCOC(=O)C(C(C)=O)C(C)P(=O)(OCC)OCC. The Kier molecular flexibility index (Phi) is 8.14. The van der Waals surface area contributed by atoms with E-state index in [-0.39, 0.29) is 19.8 Å². The van der Waals surface area contributed by atoms with E-state index in [0.717, 1.165) is 0 Å². The molecule has 0 saturated carbocycles. The molecule has 0 aromatic rings. The van der Waals surface area contributed by atoms with Crippen molar-refractivity contribution in [2.75, 3.05) is 19.8 Å². The Bertz CT molecular complexity index is 344. The third-order valence-corrected chi connectivity index (χ3v) is 5.11. The summed E-state index contributed by atoms with van der Waals surface area (Å²) in [6.07, 6.45) is 0. The normalized spacial score (nSPS) is 14.8. The van der Waals surface area contributed by atoms with Gasteiger partial charge in [-0.3, -0.25) is 14.2 Å². The minimum Gasteiger partial charge on any atom is -0.465 e. The molecule has 7 heteroatoms. The number of hydrogen-bond donors (Lipinski definition) is 0. The van der Waals surface area contributed by atoms with Crippen molar-refractivity contribution >= 4 is 19.3 Å². The van der Waals surface area contributed by atoms with Crippen LogP contribution >= 0.6 is 7.60 Å². The summed E-state index contributed by atoms with van der Waals surface area (Å²) in [6, 6.07) is 0. The molecule has 2 atom stereocenters. The highest BCUT2D eigenvalue weighted by molar-refractivity contribution is 7.54. The highest BCUT2D eigenvalue weighted by atomic mass is 31.2. The monoisotopic (exact) mass is 294 g/mol. The fourth-order valence-corrected chi connectivity index (χ4v) is 3.71. The number of ketones is 1. The molecule has 0 N–H and O–H groups in total. The van der Waals surface area contributed by atoms with Gasteiger partial charge in [0.05, 0.1) is 25.5 Å². The Morgan fingerprint density at radius 2 is 1.53 bits per heavy atom. The van der Waals surface area contributed by atoms with E-state index in [2.05, 4.69) is 0 Å². The zero-order chi connectivity index (χ0) is 15.1. The van der Waals surface area contributed by atoms with E-state index in [1.165, 1.54) is 13.8 Å². The molecular formula is C12H23O6P. The first-order valence-corrected chi connectivity index (χ1v) is 8.01. The summed E-state index contributed by atoms with van der Waals surface area (Å²) in [6.45, 7) is 8.27. The molecule has 6 nitrogen and oxygen atoms in total. The maximum atomic E-state index is 12.6. The van der Waals surface area contributed by atoms with Crippen LogP contribution in [-0.2, 0) is 27.9 Å². The van der Waals surface area contributed by atoms with Gasteiger partial charge in [-0.2, -0.15) is 0 Å². The van der Waals surface area contributed by atoms with Crippen LogP contribution in [0.1, 0.15) is 34.6 Å². The van der Waals surface area contributed by atoms with E-state index in [4.69, 9.17) is 13.8 Å². The van der Waals surface area contributed by atoms with Crippen molar-refractivity contribution in [1.29, 1.82) is 0 Å². The Balaban J connectivity index is 5.25. The molecule has 0 aliphatic carbocycles. The van der Waals surface area contributed by atoms with Crippen LogP contribution in [0, 0.1) is 5.92 Å². The Hall–Kier alpha value is -0.710. The van der Waals surface area contributed by atoms with Crippen LogP contribution in [0.15, 0.2) is 0 Å². The van der Waals surface area contributed by atoms with Gasteiger partial charge in [-0.25, -0.2) is 0 Å². The zero-order valence-corrected chi connectivity index (χ0v) is 13.1. The zero-order valence-electron chi connectivity index (χ0n) is 12.2. The second-order valence-electron chi connectivity index (χ2n) is 3.96. The number of carbonyl (C=O) groups is 2. The standard InChI is InChI=1S/C12H23O6P/c1-6-16-12(14)11(9(4)13)10(5)19(15,17-7-2)18-8-3/h10-11H,6-8H2,1-5H3. The highest BCUT2D eigenvalue weighted by Gasteiger charge is 2.44. The lowest BCUT2D eigenvalue weighted by Crippen LogP contribution is -2.34. The molecule has 0 aliphatic rings. The number of Topliss-reactive ketones (excluding diaryl/α,β-unsaturated/α-hetero) is 1. The number of carbonyl (C=O) groups excluding carboxylic acids is 2. The highest BCUT2D eigenvalue weighted by Crippen LogP contribution is 2.55. The third-order valence-electron chi connectivity index (χ3n) is 2.58. The van der Waals surface area contributed by atoms with Gasteiger partial charge >= 0.3 is 13.6 Å². The van der Waals surface area contributed by atoms with Crippen molar-refractivity contribution in [3.05, 3.63) is 0 Å². The van der Waals surface area contributed by atoms with Crippen molar-refractivity contribution in [3.8, 4) is 0 Å². The summed E-state index contributed by atoms with van der Waals surface area (Å²) >= 11 is 0. The largest absolute Gasteiger partial charge is 0.465 e. The fourth-order valence-electron chi connectivity index (χ4n) is 1.75. The van der Waals surface area contributed by atoms with Gasteiger partial charge in [0, 0.05) is 0 Å². The van der Waals surface area contributed by atoms with Crippen molar-refractivity contribution in [2.45, 2.75) is 40.3 Å². The summed E-state index contributed by atoms with van der Waals surface area (Å²) in [5.74, 6) is -2.24. The summed E-state index contributed by atoms with van der Waals surface area (Å²) < 4.78 is 27.7. The molecule has 0 amide bonds. The summed E-state index contributed by atoms with van der Waals surface area (Å²) in [5.41, 5.74) is -0.871. The molecule has 0 aromatic carbocycles. The maximum Gasteiger partial charge on any atom is 0.334 e. The number of ether oxygens (including phenoxy) is 1. The smallest absolute Gasteiger partial charge is 0.334 e. The Morgan fingerprint density at radius 3 is 1.84 bits per heavy atom. The van der Waals surface area contributed by atoms with Crippen LogP contribution in [-0.4, -0.2) is 37.2 Å². The van der Waals surface area contributed by atoms with Gasteiger partial charge in [0.1, 0.15) is 11.7 Å². The van der Waals surface area contributed by atoms with Gasteiger partial charge in [0.25, 0.3) is 0 Å². The molecule has 0 aromatic heterocycles. The molecule has 0 aliphatic heterocycles. The molecule has 0 radical (unpaired) electrons.